The Bertz CT molecular complexity index is 216. The third-order valence-electron chi connectivity index (χ3n) is 1.48. The fourth-order valence-electron chi connectivity index (χ4n) is 0.922. The highest BCUT2D eigenvalue weighted by molar-refractivity contribution is 5.30. The minimum absolute atomic E-state index is 0.683. The van der Waals surface area contributed by atoms with Crippen LogP contribution in [-0.4, -0.2) is 0 Å². The molecule has 1 rings (SSSR count). The van der Waals surface area contributed by atoms with E-state index in [0.717, 1.165) is 5.56 Å². The summed E-state index contributed by atoms with van der Waals surface area (Å²) in [6, 6.07) is 7.24. The smallest absolute Gasteiger partial charge is 0.123 e. The van der Waals surface area contributed by atoms with Crippen molar-refractivity contribution in [2.24, 2.45) is 0 Å². The highest BCUT2D eigenvalue weighted by Gasteiger charge is 2.03. The number of alkyl halides is 1. The highest BCUT2D eigenvalue weighted by atomic mass is 19.1. The molecular formula is C9H10F. The van der Waals surface area contributed by atoms with Crippen molar-refractivity contribution in [2.75, 3.05) is 0 Å². The topological polar surface area (TPSA) is 0 Å². The fraction of sp³-hybridized carbons (Fsp3) is 0.222. The highest BCUT2D eigenvalue weighted by Crippen LogP contribution is 2.19. The second-order valence-corrected chi connectivity index (χ2v) is 2.31. The monoisotopic (exact) mass is 137 g/mol. The molecule has 1 aromatic carbocycles. The first-order valence-electron chi connectivity index (χ1n) is 3.27. The molecule has 0 bridgehead atoms. The van der Waals surface area contributed by atoms with Gasteiger partial charge in [-0.05, 0) is 25.0 Å². The van der Waals surface area contributed by atoms with Crippen molar-refractivity contribution in [3.05, 3.63) is 42.3 Å². The van der Waals surface area contributed by atoms with Gasteiger partial charge in [-0.25, -0.2) is 4.39 Å². The van der Waals surface area contributed by atoms with Gasteiger partial charge in [-0.3, -0.25) is 0 Å². The van der Waals surface area contributed by atoms with Crippen LogP contribution in [0.3, 0.4) is 0 Å². The molecule has 0 aliphatic heterocycles. The summed E-state index contributed by atoms with van der Waals surface area (Å²) in [5.74, 6) is 0. The van der Waals surface area contributed by atoms with Gasteiger partial charge in [0.05, 0.1) is 0 Å². The first kappa shape index (κ1) is 7.26. The van der Waals surface area contributed by atoms with Gasteiger partial charge in [0.15, 0.2) is 0 Å². The van der Waals surface area contributed by atoms with Crippen LogP contribution in [0, 0.1) is 6.92 Å². The zero-order chi connectivity index (χ0) is 7.56. The van der Waals surface area contributed by atoms with Crippen molar-refractivity contribution < 1.29 is 4.39 Å². The Morgan fingerprint density at radius 3 is 2.40 bits per heavy atom. The zero-order valence-corrected chi connectivity index (χ0v) is 5.97. The van der Waals surface area contributed by atoms with Crippen LogP contribution in [-0.2, 0) is 0 Å². The summed E-state index contributed by atoms with van der Waals surface area (Å²) in [6.07, 6.45) is -0.909. The molecule has 0 fully saturated rings. The Hall–Kier alpha value is -0.850. The van der Waals surface area contributed by atoms with Gasteiger partial charge < -0.3 is 0 Å². The van der Waals surface area contributed by atoms with Crippen LogP contribution in [0.15, 0.2) is 24.3 Å². The van der Waals surface area contributed by atoms with E-state index in [-0.39, 0.29) is 0 Å². The molecule has 1 heteroatoms. The Balaban J connectivity index is 3.03. The molecule has 10 heavy (non-hydrogen) atoms. The molecule has 0 aromatic heterocycles. The lowest BCUT2D eigenvalue weighted by Gasteiger charge is -2.04. The van der Waals surface area contributed by atoms with E-state index in [1.165, 1.54) is 6.92 Å². The van der Waals surface area contributed by atoms with Crippen molar-refractivity contribution in [3.63, 3.8) is 0 Å². The summed E-state index contributed by atoms with van der Waals surface area (Å²) < 4.78 is 12.7. The molecular weight excluding hydrogens is 127 g/mol. The van der Waals surface area contributed by atoms with Crippen molar-refractivity contribution in [2.45, 2.75) is 13.1 Å². The number of hydrogen-bond donors (Lipinski definition) is 0. The number of rotatable bonds is 1. The molecule has 0 spiro atoms. The van der Waals surface area contributed by atoms with Crippen molar-refractivity contribution >= 4 is 0 Å². The molecule has 0 saturated carbocycles. The summed E-state index contributed by atoms with van der Waals surface area (Å²) in [5, 5.41) is 0. The number of halogens is 1. The largest absolute Gasteiger partial charge is 0.243 e. The first-order chi connectivity index (χ1) is 4.72. The van der Waals surface area contributed by atoms with Gasteiger partial charge in [-0.15, -0.1) is 0 Å². The maximum Gasteiger partial charge on any atom is 0.123 e. The average molecular weight is 137 g/mol. The van der Waals surface area contributed by atoms with E-state index in [0.29, 0.717) is 5.56 Å². The van der Waals surface area contributed by atoms with Crippen molar-refractivity contribution in [3.8, 4) is 0 Å². The van der Waals surface area contributed by atoms with Crippen LogP contribution in [0.5, 0.6) is 0 Å². The Morgan fingerprint density at radius 1 is 1.40 bits per heavy atom. The molecule has 0 N–H and O–H groups in total. The predicted molar refractivity (Wildman–Crippen MR) is 40.4 cm³/mol. The second kappa shape index (κ2) is 2.82. The van der Waals surface area contributed by atoms with Crippen molar-refractivity contribution in [1.29, 1.82) is 0 Å². The summed E-state index contributed by atoms with van der Waals surface area (Å²) in [7, 11) is 0. The molecule has 1 radical (unpaired) electrons. The lowest BCUT2D eigenvalue weighted by atomic mass is 10.1. The fourth-order valence-corrected chi connectivity index (χ4v) is 0.922. The Labute approximate surface area is 60.7 Å². The van der Waals surface area contributed by atoms with E-state index in [1.807, 2.05) is 18.2 Å². The van der Waals surface area contributed by atoms with Crippen molar-refractivity contribution in [1.82, 2.24) is 0 Å². The lowest BCUT2D eigenvalue weighted by molar-refractivity contribution is 0.373. The summed E-state index contributed by atoms with van der Waals surface area (Å²) >= 11 is 0. The molecule has 0 amide bonds. The summed E-state index contributed by atoms with van der Waals surface area (Å²) in [4.78, 5) is 0. The van der Waals surface area contributed by atoms with E-state index in [9.17, 15) is 4.39 Å². The van der Waals surface area contributed by atoms with Gasteiger partial charge >= 0.3 is 0 Å². The molecule has 0 heterocycles. The molecule has 1 unspecified atom stereocenters. The molecule has 0 aliphatic carbocycles. The van der Waals surface area contributed by atoms with Gasteiger partial charge in [0.25, 0.3) is 0 Å². The predicted octanol–water partition coefficient (Wildman–Crippen LogP) is 2.90. The second-order valence-electron chi connectivity index (χ2n) is 2.31. The molecule has 0 nitrogen and oxygen atoms in total. The summed E-state index contributed by atoms with van der Waals surface area (Å²) in [5.41, 5.74) is 1.46. The normalized spacial score (nSPS) is 13.1. The minimum Gasteiger partial charge on any atom is -0.243 e. The molecule has 0 saturated heterocycles. The molecule has 53 valence electrons. The summed E-state index contributed by atoms with van der Waals surface area (Å²) in [6.45, 7) is 5.22. The third-order valence-corrected chi connectivity index (χ3v) is 1.48. The van der Waals surface area contributed by atoms with Gasteiger partial charge in [-0.1, -0.05) is 24.3 Å². The maximum absolute atomic E-state index is 12.7. The van der Waals surface area contributed by atoms with Crippen LogP contribution in [0.25, 0.3) is 0 Å². The van der Waals surface area contributed by atoms with Crippen LogP contribution in [0.1, 0.15) is 24.2 Å². The van der Waals surface area contributed by atoms with Crippen LogP contribution in [0.4, 0.5) is 4.39 Å². The molecule has 1 aromatic rings. The maximum atomic E-state index is 12.7. The number of benzene rings is 1. The lowest BCUT2D eigenvalue weighted by Crippen LogP contribution is -1.88. The van der Waals surface area contributed by atoms with Crippen LogP contribution in [0.2, 0.25) is 0 Å². The van der Waals surface area contributed by atoms with E-state index in [1.54, 1.807) is 6.07 Å². The van der Waals surface area contributed by atoms with Gasteiger partial charge in [0, 0.05) is 0 Å². The SMILES string of the molecule is [CH2]c1ccccc1C(C)F. The van der Waals surface area contributed by atoms with Crippen LogP contribution >= 0.6 is 0 Å². The molecule has 0 aliphatic rings. The van der Waals surface area contributed by atoms with Gasteiger partial charge in [-0.2, -0.15) is 0 Å². The van der Waals surface area contributed by atoms with Gasteiger partial charge in [0.2, 0.25) is 0 Å². The quantitative estimate of drug-likeness (QED) is 0.558. The first-order valence-corrected chi connectivity index (χ1v) is 3.27. The Morgan fingerprint density at radius 2 is 2.00 bits per heavy atom. The standard InChI is InChI=1S/C9H10F/c1-7-5-3-4-6-9(7)8(2)10/h3-6,8H,1H2,2H3. The van der Waals surface area contributed by atoms with Crippen LogP contribution < -0.4 is 0 Å². The number of hydrogen-bond acceptors (Lipinski definition) is 0. The van der Waals surface area contributed by atoms with E-state index in [2.05, 4.69) is 6.92 Å². The average Bonchev–Trinajstić information content (AvgIpc) is 1.88. The Kier molecular flexibility index (Phi) is 2.05. The zero-order valence-electron chi connectivity index (χ0n) is 5.97. The van der Waals surface area contributed by atoms with Gasteiger partial charge in [0.1, 0.15) is 6.17 Å². The van der Waals surface area contributed by atoms with E-state index >= 15 is 0 Å². The van der Waals surface area contributed by atoms with E-state index in [4.69, 9.17) is 0 Å². The minimum atomic E-state index is -0.909. The third kappa shape index (κ3) is 1.35. The molecule has 1 atom stereocenters. The van der Waals surface area contributed by atoms with E-state index < -0.39 is 6.17 Å².